The summed E-state index contributed by atoms with van der Waals surface area (Å²) >= 11 is 0. The van der Waals surface area contributed by atoms with Crippen LogP contribution in [0.2, 0.25) is 0 Å². The van der Waals surface area contributed by atoms with Gasteiger partial charge in [-0.15, -0.1) is 0 Å². The van der Waals surface area contributed by atoms with E-state index in [2.05, 4.69) is 10.6 Å². The van der Waals surface area contributed by atoms with Crippen LogP contribution in [-0.4, -0.2) is 24.4 Å². The van der Waals surface area contributed by atoms with Crippen molar-refractivity contribution in [1.82, 2.24) is 10.6 Å². The summed E-state index contributed by atoms with van der Waals surface area (Å²) in [6.45, 7) is 0.918. The molecule has 0 aromatic heterocycles. The number of hydrogen-bond acceptors (Lipinski definition) is 3. The Morgan fingerprint density at radius 3 is 3.00 bits per heavy atom. The Morgan fingerprint density at radius 1 is 1.50 bits per heavy atom. The molecule has 1 atom stereocenters. The molecule has 0 aliphatic carbocycles. The van der Waals surface area contributed by atoms with E-state index in [0.717, 1.165) is 5.56 Å². The average molecular weight is 247 g/mol. The third kappa shape index (κ3) is 3.07. The van der Waals surface area contributed by atoms with Gasteiger partial charge in [0.1, 0.15) is 0 Å². The Balaban J connectivity index is 1.96. The number of benzene rings is 1. The summed E-state index contributed by atoms with van der Waals surface area (Å²) in [5, 5.41) is 5.65. The SMILES string of the molecule is NCc1cccc(C(=O)NC2CCC(=O)NC2)c1. The third-order valence-corrected chi connectivity index (χ3v) is 3.03. The van der Waals surface area contributed by atoms with Crippen LogP contribution in [0, 0.1) is 0 Å². The lowest BCUT2D eigenvalue weighted by Crippen LogP contribution is -2.47. The minimum absolute atomic E-state index is 0.0109. The molecule has 1 aromatic carbocycles. The lowest BCUT2D eigenvalue weighted by atomic mass is 10.1. The largest absolute Gasteiger partial charge is 0.354 e. The van der Waals surface area contributed by atoms with E-state index in [-0.39, 0.29) is 17.9 Å². The number of nitrogens with one attached hydrogen (secondary N) is 2. The second kappa shape index (κ2) is 5.64. The van der Waals surface area contributed by atoms with Crippen LogP contribution in [0.1, 0.15) is 28.8 Å². The van der Waals surface area contributed by atoms with Gasteiger partial charge in [0, 0.05) is 31.1 Å². The molecule has 1 aromatic rings. The van der Waals surface area contributed by atoms with Gasteiger partial charge in [0.25, 0.3) is 5.91 Å². The summed E-state index contributed by atoms with van der Waals surface area (Å²) in [5.41, 5.74) is 7.08. The van der Waals surface area contributed by atoms with E-state index in [4.69, 9.17) is 5.73 Å². The van der Waals surface area contributed by atoms with Crippen molar-refractivity contribution in [3.05, 3.63) is 35.4 Å². The molecule has 1 saturated heterocycles. The topological polar surface area (TPSA) is 84.2 Å². The van der Waals surface area contributed by atoms with Crippen molar-refractivity contribution in [1.29, 1.82) is 0 Å². The fraction of sp³-hybridized carbons (Fsp3) is 0.385. The minimum atomic E-state index is -0.119. The highest BCUT2D eigenvalue weighted by Crippen LogP contribution is 2.07. The van der Waals surface area contributed by atoms with Gasteiger partial charge in [-0.05, 0) is 24.1 Å². The van der Waals surface area contributed by atoms with E-state index in [1.54, 1.807) is 12.1 Å². The van der Waals surface area contributed by atoms with E-state index >= 15 is 0 Å². The lowest BCUT2D eigenvalue weighted by Gasteiger charge is -2.23. The quantitative estimate of drug-likeness (QED) is 0.711. The van der Waals surface area contributed by atoms with E-state index in [1.807, 2.05) is 12.1 Å². The van der Waals surface area contributed by atoms with Crippen molar-refractivity contribution >= 4 is 11.8 Å². The summed E-state index contributed by atoms with van der Waals surface area (Å²) in [7, 11) is 0. The normalized spacial score (nSPS) is 19.2. The smallest absolute Gasteiger partial charge is 0.251 e. The molecule has 1 fully saturated rings. The van der Waals surface area contributed by atoms with Crippen LogP contribution in [0.3, 0.4) is 0 Å². The molecule has 18 heavy (non-hydrogen) atoms. The molecule has 96 valence electrons. The van der Waals surface area contributed by atoms with Gasteiger partial charge in [0.15, 0.2) is 0 Å². The molecular weight excluding hydrogens is 230 g/mol. The summed E-state index contributed by atoms with van der Waals surface area (Å²) in [6.07, 6.45) is 1.15. The number of amides is 2. The average Bonchev–Trinajstić information content (AvgIpc) is 2.41. The zero-order valence-corrected chi connectivity index (χ0v) is 10.1. The van der Waals surface area contributed by atoms with Crippen molar-refractivity contribution < 1.29 is 9.59 Å². The Labute approximate surface area is 106 Å². The summed E-state index contributed by atoms with van der Waals surface area (Å²) in [5.74, 6) is -0.0722. The van der Waals surface area contributed by atoms with Crippen molar-refractivity contribution in [2.45, 2.75) is 25.4 Å². The van der Waals surface area contributed by atoms with Crippen LogP contribution in [0.25, 0.3) is 0 Å². The van der Waals surface area contributed by atoms with Crippen LogP contribution >= 0.6 is 0 Å². The zero-order chi connectivity index (χ0) is 13.0. The lowest BCUT2D eigenvalue weighted by molar-refractivity contribution is -0.122. The number of nitrogens with two attached hydrogens (primary N) is 1. The monoisotopic (exact) mass is 247 g/mol. The molecule has 1 heterocycles. The summed E-state index contributed by atoms with van der Waals surface area (Å²) in [4.78, 5) is 23.0. The van der Waals surface area contributed by atoms with Gasteiger partial charge in [0.2, 0.25) is 5.91 Å². The molecule has 0 spiro atoms. The Hall–Kier alpha value is -1.88. The van der Waals surface area contributed by atoms with E-state index in [9.17, 15) is 9.59 Å². The molecule has 1 aliphatic heterocycles. The minimum Gasteiger partial charge on any atom is -0.354 e. The van der Waals surface area contributed by atoms with Gasteiger partial charge in [-0.25, -0.2) is 0 Å². The number of piperidine rings is 1. The zero-order valence-electron chi connectivity index (χ0n) is 10.1. The molecule has 0 radical (unpaired) electrons. The predicted octanol–water partition coefficient (Wildman–Crippen LogP) is 0.154. The fourth-order valence-corrected chi connectivity index (χ4v) is 1.96. The number of carbonyl (C=O) groups excluding carboxylic acids is 2. The maximum Gasteiger partial charge on any atom is 0.251 e. The fourth-order valence-electron chi connectivity index (χ4n) is 1.96. The van der Waals surface area contributed by atoms with Crippen LogP contribution in [0.4, 0.5) is 0 Å². The van der Waals surface area contributed by atoms with Crippen LogP contribution in [-0.2, 0) is 11.3 Å². The van der Waals surface area contributed by atoms with Gasteiger partial charge in [-0.3, -0.25) is 9.59 Å². The molecular formula is C13H17N3O2. The highest BCUT2D eigenvalue weighted by Gasteiger charge is 2.20. The maximum atomic E-state index is 12.0. The van der Waals surface area contributed by atoms with Gasteiger partial charge < -0.3 is 16.4 Å². The molecule has 2 rings (SSSR count). The van der Waals surface area contributed by atoms with Gasteiger partial charge in [-0.1, -0.05) is 12.1 Å². The van der Waals surface area contributed by atoms with E-state index < -0.39 is 0 Å². The van der Waals surface area contributed by atoms with E-state index in [0.29, 0.717) is 31.5 Å². The highest BCUT2D eigenvalue weighted by atomic mass is 16.2. The first-order valence-electron chi connectivity index (χ1n) is 6.05. The first-order chi connectivity index (χ1) is 8.69. The molecule has 4 N–H and O–H groups in total. The Morgan fingerprint density at radius 2 is 2.33 bits per heavy atom. The highest BCUT2D eigenvalue weighted by molar-refractivity contribution is 5.94. The van der Waals surface area contributed by atoms with Crippen LogP contribution in [0.5, 0.6) is 0 Å². The van der Waals surface area contributed by atoms with Crippen LogP contribution < -0.4 is 16.4 Å². The van der Waals surface area contributed by atoms with Crippen LogP contribution in [0.15, 0.2) is 24.3 Å². The summed E-state index contributed by atoms with van der Waals surface area (Å²) in [6, 6.07) is 7.26. The molecule has 5 nitrogen and oxygen atoms in total. The van der Waals surface area contributed by atoms with Gasteiger partial charge in [0.05, 0.1) is 0 Å². The molecule has 0 saturated carbocycles. The van der Waals surface area contributed by atoms with Crippen molar-refractivity contribution in [2.75, 3.05) is 6.54 Å². The maximum absolute atomic E-state index is 12.0. The van der Waals surface area contributed by atoms with E-state index in [1.165, 1.54) is 0 Å². The summed E-state index contributed by atoms with van der Waals surface area (Å²) < 4.78 is 0. The molecule has 1 unspecified atom stereocenters. The predicted molar refractivity (Wildman–Crippen MR) is 67.8 cm³/mol. The molecule has 1 aliphatic rings. The first kappa shape index (κ1) is 12.6. The molecule has 5 heteroatoms. The second-order valence-corrected chi connectivity index (χ2v) is 4.42. The van der Waals surface area contributed by atoms with Gasteiger partial charge in [-0.2, -0.15) is 0 Å². The van der Waals surface area contributed by atoms with Gasteiger partial charge >= 0.3 is 0 Å². The molecule has 2 amide bonds. The molecule has 0 bridgehead atoms. The van der Waals surface area contributed by atoms with Crippen molar-refractivity contribution in [3.8, 4) is 0 Å². The number of hydrogen-bond donors (Lipinski definition) is 3. The first-order valence-corrected chi connectivity index (χ1v) is 6.05. The standard InChI is InChI=1S/C13H17N3O2/c14-7-9-2-1-3-10(6-9)13(18)16-11-4-5-12(17)15-8-11/h1-3,6,11H,4-5,7-8,14H2,(H,15,17)(H,16,18). The number of carbonyl (C=O) groups is 2. The Bertz CT molecular complexity index is 449. The second-order valence-electron chi connectivity index (χ2n) is 4.42. The number of rotatable bonds is 3. The van der Waals surface area contributed by atoms with Crippen molar-refractivity contribution in [3.63, 3.8) is 0 Å². The van der Waals surface area contributed by atoms with Crippen molar-refractivity contribution in [2.24, 2.45) is 5.73 Å². The third-order valence-electron chi connectivity index (χ3n) is 3.03. The Kier molecular flexibility index (Phi) is 3.94.